The first kappa shape index (κ1) is 8.01. The van der Waals surface area contributed by atoms with Gasteiger partial charge in [0.05, 0.1) is 13.7 Å². The Bertz CT molecular complexity index is 248. The lowest BCUT2D eigenvalue weighted by Crippen LogP contribution is -1.94. The van der Waals surface area contributed by atoms with Gasteiger partial charge in [0.15, 0.2) is 0 Å². The van der Waals surface area contributed by atoms with Gasteiger partial charge in [-0.2, -0.15) is 0 Å². The second-order valence-electron chi connectivity index (χ2n) is 2.30. The molecule has 11 heavy (non-hydrogen) atoms. The van der Waals surface area contributed by atoms with E-state index in [0.29, 0.717) is 5.75 Å². The van der Waals surface area contributed by atoms with Gasteiger partial charge in [-0.1, -0.05) is 0 Å². The molecule has 0 unspecified atom stereocenters. The molecule has 0 atom stereocenters. The van der Waals surface area contributed by atoms with Crippen molar-refractivity contribution in [3.05, 3.63) is 23.5 Å². The minimum atomic E-state index is -0.0313. The van der Waals surface area contributed by atoms with Crippen LogP contribution in [0.25, 0.3) is 0 Å². The van der Waals surface area contributed by atoms with Crippen molar-refractivity contribution in [3.63, 3.8) is 0 Å². The SMILES string of the molecule is COc1cc(C)ncc1CO. The van der Waals surface area contributed by atoms with Crippen molar-refractivity contribution >= 4 is 0 Å². The van der Waals surface area contributed by atoms with Crippen LogP contribution in [0.3, 0.4) is 0 Å². The van der Waals surface area contributed by atoms with Gasteiger partial charge in [0.1, 0.15) is 5.75 Å². The lowest BCUT2D eigenvalue weighted by molar-refractivity contribution is 0.273. The number of nitrogens with zero attached hydrogens (tertiary/aromatic N) is 1. The van der Waals surface area contributed by atoms with Crippen LogP contribution < -0.4 is 4.74 Å². The van der Waals surface area contributed by atoms with Gasteiger partial charge in [0.25, 0.3) is 0 Å². The summed E-state index contributed by atoms with van der Waals surface area (Å²) in [5.41, 5.74) is 1.61. The molecule has 3 heteroatoms. The van der Waals surface area contributed by atoms with E-state index >= 15 is 0 Å². The van der Waals surface area contributed by atoms with Crippen LogP contribution in [0.1, 0.15) is 11.3 Å². The summed E-state index contributed by atoms with van der Waals surface area (Å²) < 4.78 is 5.02. The highest BCUT2D eigenvalue weighted by Gasteiger charge is 2.00. The van der Waals surface area contributed by atoms with Crippen LogP contribution in [0.5, 0.6) is 5.75 Å². The molecule has 1 aromatic heterocycles. The summed E-state index contributed by atoms with van der Waals surface area (Å²) in [5, 5.41) is 8.82. The van der Waals surface area contributed by atoms with E-state index in [4.69, 9.17) is 9.84 Å². The molecule has 0 saturated heterocycles. The number of aliphatic hydroxyl groups excluding tert-OH is 1. The number of rotatable bonds is 2. The number of hydrogen-bond donors (Lipinski definition) is 1. The number of aromatic nitrogens is 1. The smallest absolute Gasteiger partial charge is 0.127 e. The van der Waals surface area contributed by atoms with E-state index in [2.05, 4.69) is 4.98 Å². The third kappa shape index (κ3) is 1.68. The molecule has 0 aliphatic carbocycles. The van der Waals surface area contributed by atoms with Gasteiger partial charge in [-0.3, -0.25) is 4.98 Å². The van der Waals surface area contributed by atoms with E-state index in [1.165, 1.54) is 0 Å². The summed E-state index contributed by atoms with van der Waals surface area (Å²) in [7, 11) is 1.58. The molecule has 3 nitrogen and oxygen atoms in total. The van der Waals surface area contributed by atoms with Crippen LogP contribution in [0, 0.1) is 6.92 Å². The molecule has 0 aromatic carbocycles. The third-order valence-electron chi connectivity index (χ3n) is 1.47. The zero-order chi connectivity index (χ0) is 8.27. The monoisotopic (exact) mass is 153 g/mol. The Kier molecular flexibility index (Phi) is 2.44. The molecule has 0 radical (unpaired) electrons. The fourth-order valence-electron chi connectivity index (χ4n) is 0.872. The number of methoxy groups -OCH3 is 1. The average Bonchev–Trinajstić information content (AvgIpc) is 2.04. The Morgan fingerprint density at radius 3 is 2.91 bits per heavy atom. The summed E-state index contributed by atoms with van der Waals surface area (Å²) in [5.74, 6) is 0.694. The summed E-state index contributed by atoms with van der Waals surface area (Å²) in [4.78, 5) is 4.02. The van der Waals surface area contributed by atoms with E-state index in [-0.39, 0.29) is 6.61 Å². The van der Waals surface area contributed by atoms with Gasteiger partial charge < -0.3 is 9.84 Å². The van der Waals surface area contributed by atoms with Gasteiger partial charge in [-0.15, -0.1) is 0 Å². The Labute approximate surface area is 65.7 Å². The lowest BCUT2D eigenvalue weighted by Gasteiger charge is -2.05. The van der Waals surface area contributed by atoms with E-state index in [1.807, 2.05) is 6.92 Å². The maximum Gasteiger partial charge on any atom is 0.127 e. The molecule has 0 bridgehead atoms. The first-order valence-electron chi connectivity index (χ1n) is 3.38. The zero-order valence-electron chi connectivity index (χ0n) is 6.66. The van der Waals surface area contributed by atoms with E-state index in [9.17, 15) is 0 Å². The second-order valence-corrected chi connectivity index (χ2v) is 2.30. The van der Waals surface area contributed by atoms with Crippen molar-refractivity contribution in [2.45, 2.75) is 13.5 Å². The molecule has 1 aromatic rings. The van der Waals surface area contributed by atoms with Crippen LogP contribution in [0.15, 0.2) is 12.3 Å². The molecular formula is C8H11NO2. The Morgan fingerprint density at radius 2 is 2.36 bits per heavy atom. The van der Waals surface area contributed by atoms with Gasteiger partial charge in [0, 0.05) is 23.5 Å². The lowest BCUT2D eigenvalue weighted by atomic mass is 10.2. The highest BCUT2D eigenvalue weighted by Crippen LogP contribution is 2.17. The number of hydrogen-bond acceptors (Lipinski definition) is 3. The first-order valence-corrected chi connectivity index (χ1v) is 3.38. The predicted molar refractivity (Wildman–Crippen MR) is 41.4 cm³/mol. The molecule has 0 saturated carbocycles. The summed E-state index contributed by atoms with van der Waals surface area (Å²) >= 11 is 0. The average molecular weight is 153 g/mol. The fourth-order valence-corrected chi connectivity index (χ4v) is 0.872. The van der Waals surface area contributed by atoms with Gasteiger partial charge in [-0.25, -0.2) is 0 Å². The van der Waals surface area contributed by atoms with Crippen molar-refractivity contribution < 1.29 is 9.84 Å². The van der Waals surface area contributed by atoms with Crippen molar-refractivity contribution in [2.24, 2.45) is 0 Å². The second kappa shape index (κ2) is 3.34. The van der Waals surface area contributed by atoms with Gasteiger partial charge in [0.2, 0.25) is 0 Å². The third-order valence-corrected chi connectivity index (χ3v) is 1.47. The highest BCUT2D eigenvalue weighted by molar-refractivity contribution is 5.31. The number of aryl methyl sites for hydroxylation is 1. The predicted octanol–water partition coefficient (Wildman–Crippen LogP) is 0.891. The number of pyridine rings is 1. The molecule has 0 aliphatic heterocycles. The Morgan fingerprint density at radius 1 is 1.64 bits per heavy atom. The molecule has 60 valence electrons. The molecule has 0 spiro atoms. The summed E-state index contributed by atoms with van der Waals surface area (Å²) in [6.45, 7) is 1.85. The number of ether oxygens (including phenoxy) is 1. The molecule has 1 N–H and O–H groups in total. The fraction of sp³-hybridized carbons (Fsp3) is 0.375. The number of aliphatic hydroxyl groups is 1. The van der Waals surface area contributed by atoms with Gasteiger partial charge in [-0.05, 0) is 6.92 Å². The first-order chi connectivity index (χ1) is 5.27. The van der Waals surface area contributed by atoms with Crippen LogP contribution in [-0.2, 0) is 6.61 Å². The van der Waals surface area contributed by atoms with E-state index in [1.54, 1.807) is 19.4 Å². The molecule has 0 aliphatic rings. The van der Waals surface area contributed by atoms with Crippen LogP contribution in [0.4, 0.5) is 0 Å². The molecule has 1 rings (SSSR count). The molecule has 0 amide bonds. The van der Waals surface area contributed by atoms with Crippen LogP contribution in [0.2, 0.25) is 0 Å². The largest absolute Gasteiger partial charge is 0.496 e. The summed E-state index contributed by atoms with van der Waals surface area (Å²) in [6.07, 6.45) is 1.62. The van der Waals surface area contributed by atoms with Crippen LogP contribution >= 0.6 is 0 Å². The highest BCUT2D eigenvalue weighted by atomic mass is 16.5. The normalized spacial score (nSPS) is 9.73. The standard InChI is InChI=1S/C8H11NO2/c1-6-3-8(11-2)7(5-10)4-9-6/h3-4,10H,5H2,1-2H3. The minimum Gasteiger partial charge on any atom is -0.496 e. The Balaban J connectivity index is 3.06. The summed E-state index contributed by atoms with van der Waals surface area (Å²) in [6, 6.07) is 1.80. The molecule has 0 fully saturated rings. The van der Waals surface area contributed by atoms with E-state index < -0.39 is 0 Å². The molecular weight excluding hydrogens is 142 g/mol. The van der Waals surface area contributed by atoms with Crippen molar-refractivity contribution in [1.82, 2.24) is 4.98 Å². The zero-order valence-corrected chi connectivity index (χ0v) is 6.66. The van der Waals surface area contributed by atoms with Crippen LogP contribution in [-0.4, -0.2) is 17.2 Å². The van der Waals surface area contributed by atoms with Crippen molar-refractivity contribution in [3.8, 4) is 5.75 Å². The van der Waals surface area contributed by atoms with Crippen molar-refractivity contribution in [2.75, 3.05) is 7.11 Å². The maximum atomic E-state index is 8.82. The molecule has 1 heterocycles. The van der Waals surface area contributed by atoms with Gasteiger partial charge >= 0.3 is 0 Å². The van der Waals surface area contributed by atoms with E-state index in [0.717, 1.165) is 11.3 Å². The maximum absolute atomic E-state index is 8.82. The minimum absolute atomic E-state index is 0.0313. The quantitative estimate of drug-likeness (QED) is 0.686. The topological polar surface area (TPSA) is 42.4 Å². The van der Waals surface area contributed by atoms with Crippen molar-refractivity contribution in [1.29, 1.82) is 0 Å². The Hall–Kier alpha value is -1.09.